The number of carbonyl (C=O) groups excluding carboxylic acids is 1. The van der Waals surface area contributed by atoms with Gasteiger partial charge < -0.3 is 0 Å². The van der Waals surface area contributed by atoms with Gasteiger partial charge in [-0.15, -0.1) is 0 Å². The van der Waals surface area contributed by atoms with Crippen molar-refractivity contribution < 1.29 is 43.2 Å². The van der Waals surface area contributed by atoms with E-state index in [0.717, 1.165) is 38.5 Å². The number of Topliss-reactive ketones (excluding diaryl/α,β-unsaturated/α-hetero) is 1. The highest BCUT2D eigenvalue weighted by Crippen LogP contribution is 2.63. The minimum atomic E-state index is -6.13. The minimum Gasteiger partial charge on any atom is -0.299 e. The van der Waals surface area contributed by atoms with Crippen molar-refractivity contribution in [1.29, 1.82) is 0 Å². The molecule has 0 spiro atoms. The lowest BCUT2D eigenvalue weighted by Gasteiger charge is -2.42. The molecule has 5 atom stereocenters. The molecule has 3 saturated carbocycles. The number of alkyl halides is 6. The quantitative estimate of drug-likeness (QED) is 0.387. The molecule has 3 aliphatic carbocycles. The van der Waals surface area contributed by atoms with Crippen LogP contribution in [-0.2, 0) is 18.5 Å². The SMILES string of the molecule is O=C1CCCCC1C12CCC(CC1CSOS(=O)(=O)C(F)(F)C(F)C(F)(F)F)C2. The smallest absolute Gasteiger partial charge is 0.299 e. The van der Waals surface area contributed by atoms with E-state index in [2.05, 4.69) is 3.63 Å². The van der Waals surface area contributed by atoms with Crippen molar-refractivity contribution >= 4 is 27.9 Å². The van der Waals surface area contributed by atoms with Gasteiger partial charge in [-0.2, -0.15) is 34.0 Å². The summed E-state index contributed by atoms with van der Waals surface area (Å²) in [6.45, 7) is 0. The van der Waals surface area contributed by atoms with Gasteiger partial charge in [-0.05, 0) is 55.8 Å². The van der Waals surface area contributed by atoms with Gasteiger partial charge in [0.1, 0.15) is 5.78 Å². The van der Waals surface area contributed by atoms with Crippen LogP contribution in [0.3, 0.4) is 0 Å². The van der Waals surface area contributed by atoms with E-state index >= 15 is 0 Å². The molecule has 168 valence electrons. The minimum absolute atomic E-state index is 0.0570. The largest absolute Gasteiger partial charge is 0.426 e. The van der Waals surface area contributed by atoms with E-state index in [-0.39, 0.29) is 40.8 Å². The molecule has 0 amide bonds. The first-order valence-electron chi connectivity index (χ1n) is 9.48. The molecule has 0 N–H and O–H groups in total. The van der Waals surface area contributed by atoms with Gasteiger partial charge in [0.25, 0.3) is 6.17 Å². The third-order valence-corrected chi connectivity index (χ3v) is 9.20. The summed E-state index contributed by atoms with van der Waals surface area (Å²) in [5.41, 5.74) is -0.334. The molecule has 3 fully saturated rings. The standard InChI is InChI=1S/C17H22F6O4S2/c18-14(16(19,20)21)17(22,23)29(25,26)27-28-9-11-7-10-5-6-15(11,8-10)12-3-1-2-4-13(12)24/h10-12,14H,1-9H2. The van der Waals surface area contributed by atoms with E-state index in [1.54, 1.807) is 0 Å². The second kappa shape index (κ2) is 7.89. The van der Waals surface area contributed by atoms with Gasteiger partial charge in [0.2, 0.25) is 0 Å². The summed E-state index contributed by atoms with van der Waals surface area (Å²) in [4.78, 5) is 12.5. The van der Waals surface area contributed by atoms with Crippen LogP contribution in [0.1, 0.15) is 51.4 Å². The van der Waals surface area contributed by atoms with Crippen LogP contribution in [0.4, 0.5) is 26.3 Å². The van der Waals surface area contributed by atoms with Crippen LogP contribution in [-0.4, -0.2) is 37.6 Å². The van der Waals surface area contributed by atoms with Crippen molar-refractivity contribution in [3.8, 4) is 0 Å². The highest BCUT2D eigenvalue weighted by atomic mass is 32.3. The highest BCUT2D eigenvalue weighted by molar-refractivity contribution is 8.04. The molecular weight excluding hydrogens is 446 g/mol. The Kier molecular flexibility index (Phi) is 6.30. The van der Waals surface area contributed by atoms with Crippen LogP contribution in [0.25, 0.3) is 0 Å². The van der Waals surface area contributed by atoms with Gasteiger partial charge in [-0.3, -0.25) is 4.79 Å². The van der Waals surface area contributed by atoms with Crippen LogP contribution < -0.4 is 0 Å². The van der Waals surface area contributed by atoms with Gasteiger partial charge >= 0.3 is 21.5 Å². The maximum Gasteiger partial charge on any atom is 0.426 e. The van der Waals surface area contributed by atoms with Crippen LogP contribution in [0, 0.1) is 23.2 Å². The fraction of sp³-hybridized carbons (Fsp3) is 0.941. The number of hydrogen-bond acceptors (Lipinski definition) is 5. The normalized spacial score (nSPS) is 34.6. The number of halogens is 6. The molecular formula is C17H22F6O4S2. The average Bonchev–Trinajstić information content (AvgIpc) is 3.19. The lowest BCUT2D eigenvalue weighted by atomic mass is 9.62. The molecule has 0 aromatic rings. The Morgan fingerprint density at radius 2 is 1.86 bits per heavy atom. The van der Waals surface area contributed by atoms with Crippen molar-refractivity contribution in [1.82, 2.24) is 0 Å². The maximum absolute atomic E-state index is 13.5. The molecule has 0 aromatic heterocycles. The zero-order valence-electron chi connectivity index (χ0n) is 15.4. The molecule has 3 rings (SSSR count). The van der Waals surface area contributed by atoms with E-state index in [9.17, 15) is 39.6 Å². The van der Waals surface area contributed by atoms with Gasteiger partial charge in [0.15, 0.2) is 0 Å². The van der Waals surface area contributed by atoms with E-state index in [1.807, 2.05) is 0 Å². The van der Waals surface area contributed by atoms with Crippen LogP contribution in [0.2, 0.25) is 0 Å². The van der Waals surface area contributed by atoms with Crippen molar-refractivity contribution in [3.63, 3.8) is 0 Å². The Morgan fingerprint density at radius 1 is 1.17 bits per heavy atom. The maximum atomic E-state index is 13.5. The number of ketones is 1. The topological polar surface area (TPSA) is 60.4 Å². The van der Waals surface area contributed by atoms with Crippen LogP contribution in [0.5, 0.6) is 0 Å². The molecule has 29 heavy (non-hydrogen) atoms. The highest BCUT2D eigenvalue weighted by Gasteiger charge is 2.65. The molecule has 0 radical (unpaired) electrons. The molecule has 4 nitrogen and oxygen atoms in total. The summed E-state index contributed by atoms with van der Waals surface area (Å²) in [5.74, 6) is 0.144. The van der Waals surface area contributed by atoms with Crippen LogP contribution in [0.15, 0.2) is 0 Å². The van der Waals surface area contributed by atoms with E-state index in [1.165, 1.54) is 0 Å². The fourth-order valence-electron chi connectivity index (χ4n) is 5.39. The first-order valence-corrected chi connectivity index (χ1v) is 11.8. The summed E-state index contributed by atoms with van der Waals surface area (Å²) in [6, 6.07) is 0. The number of hydrogen-bond donors (Lipinski definition) is 0. The van der Waals surface area contributed by atoms with Crippen LogP contribution >= 0.6 is 12.0 Å². The van der Waals surface area contributed by atoms with Gasteiger partial charge in [0.05, 0.1) is 0 Å². The number of rotatable bonds is 7. The molecule has 0 heterocycles. The lowest BCUT2D eigenvalue weighted by Crippen LogP contribution is -2.47. The van der Waals surface area contributed by atoms with Gasteiger partial charge in [-0.1, -0.05) is 6.42 Å². The summed E-state index contributed by atoms with van der Waals surface area (Å²) in [7, 11) is -6.13. The molecule has 3 aliphatic rings. The summed E-state index contributed by atoms with van der Waals surface area (Å²) >= 11 is 0.103. The monoisotopic (exact) mass is 468 g/mol. The molecule has 0 aliphatic heterocycles. The summed E-state index contributed by atoms with van der Waals surface area (Å²) < 4.78 is 104. The number of carbonyl (C=O) groups is 1. The van der Waals surface area contributed by atoms with E-state index in [0.29, 0.717) is 18.8 Å². The van der Waals surface area contributed by atoms with E-state index < -0.39 is 27.7 Å². The van der Waals surface area contributed by atoms with Crippen molar-refractivity contribution in [3.05, 3.63) is 0 Å². The number of fused-ring (bicyclic) bond motifs is 2. The molecule has 12 heteroatoms. The Morgan fingerprint density at radius 3 is 2.45 bits per heavy atom. The molecule has 2 bridgehead atoms. The van der Waals surface area contributed by atoms with Gasteiger partial charge in [-0.25, -0.2) is 4.39 Å². The summed E-state index contributed by atoms with van der Waals surface area (Å²) in [6.07, 6.45) is -4.75. The molecule has 5 unspecified atom stereocenters. The zero-order chi connectivity index (χ0) is 21.7. The first-order chi connectivity index (χ1) is 13.3. The van der Waals surface area contributed by atoms with Crippen molar-refractivity contribution in [2.24, 2.45) is 23.2 Å². The average molecular weight is 468 g/mol. The Balaban J connectivity index is 1.66. The van der Waals surface area contributed by atoms with Crippen molar-refractivity contribution in [2.45, 2.75) is 69.0 Å². The second-order valence-corrected chi connectivity index (χ2v) is 10.9. The van der Waals surface area contributed by atoms with Crippen molar-refractivity contribution in [2.75, 3.05) is 5.75 Å². The first kappa shape index (κ1) is 23.2. The summed E-state index contributed by atoms with van der Waals surface area (Å²) in [5, 5.41) is -5.75. The Labute approximate surface area is 169 Å². The second-order valence-electron chi connectivity index (χ2n) is 8.31. The van der Waals surface area contributed by atoms with Gasteiger partial charge in [0, 0.05) is 30.1 Å². The Hall–Kier alpha value is -0.490. The Bertz CT molecular complexity index is 741. The lowest BCUT2D eigenvalue weighted by molar-refractivity contribution is -0.222. The molecule has 0 aromatic carbocycles. The predicted octanol–water partition coefficient (Wildman–Crippen LogP) is 5.04. The fourth-order valence-corrected chi connectivity index (χ4v) is 7.50. The third kappa shape index (κ3) is 4.17. The zero-order valence-corrected chi connectivity index (χ0v) is 17.0. The molecule has 0 saturated heterocycles. The van der Waals surface area contributed by atoms with E-state index in [4.69, 9.17) is 0 Å². The predicted molar refractivity (Wildman–Crippen MR) is 93.2 cm³/mol. The third-order valence-electron chi connectivity index (χ3n) is 6.69.